The zero-order chi connectivity index (χ0) is 12.5. The molecule has 0 amide bonds. The zero-order valence-corrected chi connectivity index (χ0v) is 11.6. The molecule has 2 aliphatic rings. The van der Waals surface area contributed by atoms with Gasteiger partial charge >= 0.3 is 0 Å². The van der Waals surface area contributed by atoms with Crippen LogP contribution in [-0.4, -0.2) is 16.6 Å². The predicted molar refractivity (Wildman–Crippen MR) is 73.3 cm³/mol. The number of nitrogens with one attached hydrogen (secondary N) is 1. The highest BCUT2D eigenvalue weighted by Crippen LogP contribution is 2.50. The van der Waals surface area contributed by atoms with E-state index in [0.717, 1.165) is 24.3 Å². The molecule has 2 aliphatic carbocycles. The first-order valence-electron chi connectivity index (χ1n) is 7.50. The standard InChI is InChI=1S/C15H25N3/c1-3-18-7-6-17-15(18)14(16-2)10-13-9-11-4-5-12(13)8-11/h6-7,11-14,16H,3-5,8-10H2,1-2H3. The first-order chi connectivity index (χ1) is 8.81. The lowest BCUT2D eigenvalue weighted by Gasteiger charge is -2.26. The molecule has 0 spiro atoms. The van der Waals surface area contributed by atoms with Crippen molar-refractivity contribution in [3.05, 3.63) is 18.2 Å². The molecular weight excluding hydrogens is 222 g/mol. The first-order valence-corrected chi connectivity index (χ1v) is 7.50. The Labute approximate surface area is 110 Å². The molecule has 3 nitrogen and oxygen atoms in total. The number of hydrogen-bond donors (Lipinski definition) is 1. The van der Waals surface area contributed by atoms with Gasteiger partial charge < -0.3 is 9.88 Å². The van der Waals surface area contributed by atoms with E-state index in [9.17, 15) is 0 Å². The lowest BCUT2D eigenvalue weighted by atomic mass is 9.84. The molecule has 0 saturated heterocycles. The summed E-state index contributed by atoms with van der Waals surface area (Å²) in [7, 11) is 2.08. The maximum absolute atomic E-state index is 4.56. The van der Waals surface area contributed by atoms with Crippen molar-refractivity contribution < 1.29 is 0 Å². The van der Waals surface area contributed by atoms with Crippen LogP contribution in [0.3, 0.4) is 0 Å². The van der Waals surface area contributed by atoms with Crippen LogP contribution in [0.2, 0.25) is 0 Å². The van der Waals surface area contributed by atoms with E-state index in [4.69, 9.17) is 0 Å². The minimum atomic E-state index is 0.435. The summed E-state index contributed by atoms with van der Waals surface area (Å²) in [5.74, 6) is 4.21. The van der Waals surface area contributed by atoms with Crippen LogP contribution in [0.4, 0.5) is 0 Å². The monoisotopic (exact) mass is 247 g/mol. The third-order valence-electron chi connectivity index (χ3n) is 5.17. The molecule has 1 aromatic rings. The van der Waals surface area contributed by atoms with Gasteiger partial charge in [0.25, 0.3) is 0 Å². The van der Waals surface area contributed by atoms with Gasteiger partial charge in [0, 0.05) is 18.9 Å². The second-order valence-electron chi connectivity index (χ2n) is 6.08. The highest BCUT2D eigenvalue weighted by atomic mass is 15.1. The van der Waals surface area contributed by atoms with Crippen LogP contribution in [0.15, 0.2) is 12.4 Å². The summed E-state index contributed by atoms with van der Waals surface area (Å²) in [6.07, 6.45) is 11.3. The summed E-state index contributed by atoms with van der Waals surface area (Å²) < 4.78 is 2.27. The number of fused-ring (bicyclic) bond motifs is 2. The van der Waals surface area contributed by atoms with Gasteiger partial charge in [0.05, 0.1) is 6.04 Å². The fourth-order valence-electron chi connectivity index (χ4n) is 4.22. The predicted octanol–water partition coefficient (Wildman–Crippen LogP) is 2.99. The molecule has 1 N–H and O–H groups in total. The maximum atomic E-state index is 4.56. The summed E-state index contributed by atoms with van der Waals surface area (Å²) in [5, 5.41) is 3.48. The van der Waals surface area contributed by atoms with Gasteiger partial charge in [-0.3, -0.25) is 0 Å². The van der Waals surface area contributed by atoms with Gasteiger partial charge in [-0.15, -0.1) is 0 Å². The average molecular weight is 247 g/mol. The quantitative estimate of drug-likeness (QED) is 0.867. The summed E-state index contributed by atoms with van der Waals surface area (Å²) >= 11 is 0. The molecular formula is C15H25N3. The Morgan fingerprint density at radius 3 is 2.94 bits per heavy atom. The van der Waals surface area contributed by atoms with Gasteiger partial charge in [-0.25, -0.2) is 4.98 Å². The van der Waals surface area contributed by atoms with Crippen molar-refractivity contribution in [2.24, 2.45) is 17.8 Å². The van der Waals surface area contributed by atoms with Crippen molar-refractivity contribution >= 4 is 0 Å². The zero-order valence-electron chi connectivity index (χ0n) is 11.6. The smallest absolute Gasteiger partial charge is 0.125 e. The van der Waals surface area contributed by atoms with E-state index in [1.165, 1.54) is 37.9 Å². The van der Waals surface area contributed by atoms with Crippen molar-refractivity contribution in [2.75, 3.05) is 7.05 Å². The van der Waals surface area contributed by atoms with Gasteiger partial charge in [-0.2, -0.15) is 0 Å². The summed E-state index contributed by atoms with van der Waals surface area (Å²) in [6.45, 7) is 3.21. The van der Waals surface area contributed by atoms with Crippen LogP contribution in [0, 0.1) is 17.8 Å². The van der Waals surface area contributed by atoms with Gasteiger partial charge in [-0.05, 0) is 57.4 Å². The maximum Gasteiger partial charge on any atom is 0.125 e. The normalized spacial score (nSPS) is 32.0. The number of hydrogen-bond acceptors (Lipinski definition) is 2. The number of aromatic nitrogens is 2. The minimum absolute atomic E-state index is 0.435. The van der Waals surface area contributed by atoms with E-state index < -0.39 is 0 Å². The first kappa shape index (κ1) is 12.2. The Kier molecular flexibility index (Phi) is 3.42. The van der Waals surface area contributed by atoms with Crippen LogP contribution in [-0.2, 0) is 6.54 Å². The van der Waals surface area contributed by atoms with Crippen LogP contribution in [0.25, 0.3) is 0 Å². The number of aryl methyl sites for hydroxylation is 1. The molecule has 0 aromatic carbocycles. The van der Waals surface area contributed by atoms with E-state index in [0.29, 0.717) is 6.04 Å². The van der Waals surface area contributed by atoms with Crippen molar-refractivity contribution in [3.63, 3.8) is 0 Å². The Hall–Kier alpha value is -0.830. The Morgan fingerprint density at radius 2 is 2.33 bits per heavy atom. The third-order valence-corrected chi connectivity index (χ3v) is 5.17. The molecule has 3 rings (SSSR count). The number of imidazole rings is 1. The van der Waals surface area contributed by atoms with E-state index in [1.54, 1.807) is 0 Å². The third kappa shape index (κ3) is 2.09. The van der Waals surface area contributed by atoms with Crippen LogP contribution in [0.1, 0.15) is 50.9 Å². The Bertz CT molecular complexity index is 398. The number of rotatable bonds is 5. The van der Waals surface area contributed by atoms with E-state index in [1.807, 2.05) is 6.20 Å². The molecule has 1 heterocycles. The van der Waals surface area contributed by atoms with Crippen molar-refractivity contribution in [1.29, 1.82) is 0 Å². The van der Waals surface area contributed by atoms with E-state index >= 15 is 0 Å². The topological polar surface area (TPSA) is 29.9 Å². The molecule has 2 fully saturated rings. The second-order valence-corrected chi connectivity index (χ2v) is 6.08. The van der Waals surface area contributed by atoms with Crippen LogP contribution in [0.5, 0.6) is 0 Å². The summed E-state index contributed by atoms with van der Waals surface area (Å²) in [4.78, 5) is 4.56. The fraction of sp³-hybridized carbons (Fsp3) is 0.800. The molecule has 2 saturated carbocycles. The summed E-state index contributed by atoms with van der Waals surface area (Å²) in [6, 6.07) is 0.435. The molecule has 100 valence electrons. The average Bonchev–Trinajstić information content (AvgIpc) is 3.10. The molecule has 0 radical (unpaired) electrons. The number of nitrogens with zero attached hydrogens (tertiary/aromatic N) is 2. The van der Waals surface area contributed by atoms with Gasteiger partial charge in [0.1, 0.15) is 5.82 Å². The SMILES string of the molecule is CCn1ccnc1C(CC1CC2CCC1C2)NC. The second kappa shape index (κ2) is 5.04. The Morgan fingerprint density at radius 1 is 1.44 bits per heavy atom. The highest BCUT2D eigenvalue weighted by Gasteiger charge is 2.40. The van der Waals surface area contributed by atoms with Crippen molar-refractivity contribution in [2.45, 2.75) is 51.6 Å². The fourth-order valence-corrected chi connectivity index (χ4v) is 4.22. The largest absolute Gasteiger partial charge is 0.334 e. The molecule has 4 unspecified atom stereocenters. The van der Waals surface area contributed by atoms with Gasteiger partial charge in [-0.1, -0.05) is 6.42 Å². The van der Waals surface area contributed by atoms with Crippen LogP contribution >= 0.6 is 0 Å². The Balaban J connectivity index is 1.69. The lowest BCUT2D eigenvalue weighted by Crippen LogP contribution is -2.25. The van der Waals surface area contributed by atoms with Gasteiger partial charge in [0.2, 0.25) is 0 Å². The van der Waals surface area contributed by atoms with E-state index in [2.05, 4.69) is 35.0 Å². The highest BCUT2D eigenvalue weighted by molar-refractivity contribution is 5.02. The van der Waals surface area contributed by atoms with Gasteiger partial charge in [0.15, 0.2) is 0 Å². The molecule has 0 aliphatic heterocycles. The van der Waals surface area contributed by atoms with E-state index in [-0.39, 0.29) is 0 Å². The molecule has 4 atom stereocenters. The molecule has 3 heteroatoms. The van der Waals surface area contributed by atoms with Crippen molar-refractivity contribution in [3.8, 4) is 0 Å². The minimum Gasteiger partial charge on any atom is -0.334 e. The van der Waals surface area contributed by atoms with Crippen molar-refractivity contribution in [1.82, 2.24) is 14.9 Å². The molecule has 2 bridgehead atoms. The molecule has 1 aromatic heterocycles. The molecule has 18 heavy (non-hydrogen) atoms. The summed E-state index contributed by atoms with van der Waals surface area (Å²) in [5.41, 5.74) is 0. The van der Waals surface area contributed by atoms with Crippen LogP contribution < -0.4 is 5.32 Å². The lowest BCUT2D eigenvalue weighted by molar-refractivity contribution is 0.277.